The summed E-state index contributed by atoms with van der Waals surface area (Å²) in [4.78, 5) is 23.7. The first-order chi connectivity index (χ1) is 10.8. The third kappa shape index (κ3) is 4.89. The molecule has 2 rings (SSSR count). The Balaban J connectivity index is 1.94. The second kappa shape index (κ2) is 7.37. The number of carbonyl (C=O) groups excluding carboxylic acids is 2. The minimum atomic E-state index is -0.701. The van der Waals surface area contributed by atoms with Gasteiger partial charge in [0.25, 0.3) is 5.91 Å². The van der Waals surface area contributed by atoms with Gasteiger partial charge in [-0.05, 0) is 71.2 Å². The van der Waals surface area contributed by atoms with Crippen LogP contribution in [0.15, 0.2) is 40.9 Å². The summed E-state index contributed by atoms with van der Waals surface area (Å²) in [7, 11) is 0. The lowest BCUT2D eigenvalue weighted by atomic mass is 10.1. The molecular formula is C17H15BrFNO3. The van der Waals surface area contributed by atoms with Crippen molar-refractivity contribution in [2.75, 3.05) is 11.9 Å². The van der Waals surface area contributed by atoms with E-state index in [1.807, 2.05) is 32.0 Å². The zero-order valence-electron chi connectivity index (χ0n) is 12.7. The molecule has 2 aromatic carbocycles. The van der Waals surface area contributed by atoms with Crippen LogP contribution in [-0.2, 0) is 9.53 Å². The Bertz CT molecular complexity index is 741. The van der Waals surface area contributed by atoms with Crippen LogP contribution in [-0.4, -0.2) is 18.5 Å². The minimum Gasteiger partial charge on any atom is -0.452 e. The summed E-state index contributed by atoms with van der Waals surface area (Å²) in [5, 5.41) is 2.67. The molecule has 0 aromatic heterocycles. The second-order valence-electron chi connectivity index (χ2n) is 5.12. The van der Waals surface area contributed by atoms with Crippen molar-refractivity contribution >= 4 is 33.5 Å². The quantitative estimate of drug-likeness (QED) is 0.816. The van der Waals surface area contributed by atoms with Crippen LogP contribution in [0, 0.1) is 19.7 Å². The fraction of sp³-hybridized carbons (Fsp3) is 0.176. The molecule has 0 bridgehead atoms. The van der Waals surface area contributed by atoms with Crippen LogP contribution in [0.2, 0.25) is 0 Å². The summed E-state index contributed by atoms with van der Waals surface area (Å²) in [5.41, 5.74) is 2.84. The van der Waals surface area contributed by atoms with Crippen LogP contribution in [0.4, 0.5) is 10.1 Å². The minimum absolute atomic E-state index is 0.158. The normalized spacial score (nSPS) is 10.3. The highest BCUT2D eigenvalue weighted by Crippen LogP contribution is 2.19. The van der Waals surface area contributed by atoms with Gasteiger partial charge in [0.1, 0.15) is 5.82 Å². The highest BCUT2D eigenvalue weighted by atomic mass is 79.9. The van der Waals surface area contributed by atoms with Gasteiger partial charge in [0, 0.05) is 10.2 Å². The number of nitrogens with one attached hydrogen (secondary N) is 1. The van der Waals surface area contributed by atoms with E-state index in [4.69, 9.17) is 4.74 Å². The van der Waals surface area contributed by atoms with Crippen LogP contribution in [0.1, 0.15) is 21.5 Å². The number of hydrogen-bond acceptors (Lipinski definition) is 3. The molecule has 0 unspecified atom stereocenters. The van der Waals surface area contributed by atoms with Gasteiger partial charge in [0.05, 0.1) is 5.56 Å². The van der Waals surface area contributed by atoms with E-state index < -0.39 is 24.3 Å². The molecule has 23 heavy (non-hydrogen) atoms. The van der Waals surface area contributed by atoms with Gasteiger partial charge in [0.2, 0.25) is 0 Å². The zero-order chi connectivity index (χ0) is 17.0. The van der Waals surface area contributed by atoms with Gasteiger partial charge in [-0.3, -0.25) is 4.79 Å². The Labute approximate surface area is 141 Å². The highest BCUT2D eigenvalue weighted by molar-refractivity contribution is 9.10. The number of halogens is 2. The highest BCUT2D eigenvalue weighted by Gasteiger charge is 2.14. The molecule has 0 aliphatic carbocycles. The maximum Gasteiger partial charge on any atom is 0.339 e. The van der Waals surface area contributed by atoms with Crippen molar-refractivity contribution in [2.24, 2.45) is 0 Å². The Morgan fingerprint density at radius 1 is 1.13 bits per heavy atom. The van der Waals surface area contributed by atoms with E-state index in [0.29, 0.717) is 5.69 Å². The van der Waals surface area contributed by atoms with Crippen LogP contribution < -0.4 is 5.32 Å². The number of esters is 1. The monoisotopic (exact) mass is 379 g/mol. The molecule has 0 saturated heterocycles. The van der Waals surface area contributed by atoms with E-state index in [1.165, 1.54) is 6.07 Å². The van der Waals surface area contributed by atoms with Crippen molar-refractivity contribution < 1.29 is 18.7 Å². The molecule has 0 spiro atoms. The average Bonchev–Trinajstić information content (AvgIpc) is 2.43. The molecule has 0 aliphatic rings. The molecule has 6 heteroatoms. The lowest BCUT2D eigenvalue weighted by molar-refractivity contribution is -0.119. The lowest BCUT2D eigenvalue weighted by Gasteiger charge is -2.09. The van der Waals surface area contributed by atoms with E-state index in [1.54, 1.807) is 0 Å². The molecule has 0 fully saturated rings. The number of rotatable bonds is 4. The zero-order valence-corrected chi connectivity index (χ0v) is 14.2. The van der Waals surface area contributed by atoms with E-state index in [0.717, 1.165) is 23.3 Å². The molecule has 2 aromatic rings. The SMILES string of the molecule is Cc1cc(C)cc(NC(=O)COC(=O)c2ccc(F)cc2Br)c1. The maximum absolute atomic E-state index is 13.0. The Morgan fingerprint density at radius 2 is 1.78 bits per heavy atom. The smallest absolute Gasteiger partial charge is 0.339 e. The number of benzene rings is 2. The molecule has 4 nitrogen and oxygen atoms in total. The number of ether oxygens (including phenoxy) is 1. The average molecular weight is 380 g/mol. The van der Waals surface area contributed by atoms with Gasteiger partial charge in [-0.2, -0.15) is 0 Å². The van der Waals surface area contributed by atoms with Crippen LogP contribution in [0.5, 0.6) is 0 Å². The van der Waals surface area contributed by atoms with E-state index in [9.17, 15) is 14.0 Å². The number of amides is 1. The molecule has 1 N–H and O–H groups in total. The van der Waals surface area contributed by atoms with E-state index >= 15 is 0 Å². The van der Waals surface area contributed by atoms with Gasteiger partial charge in [-0.15, -0.1) is 0 Å². The summed E-state index contributed by atoms with van der Waals surface area (Å²) in [6.45, 7) is 3.43. The first kappa shape index (κ1) is 17.1. The van der Waals surface area contributed by atoms with E-state index in [-0.39, 0.29) is 10.0 Å². The summed E-state index contributed by atoms with van der Waals surface area (Å²) in [5.74, 6) is -1.62. The Morgan fingerprint density at radius 3 is 2.39 bits per heavy atom. The first-order valence-electron chi connectivity index (χ1n) is 6.85. The van der Waals surface area contributed by atoms with Crippen LogP contribution in [0.3, 0.4) is 0 Å². The second-order valence-corrected chi connectivity index (χ2v) is 5.98. The van der Waals surface area contributed by atoms with Crippen molar-refractivity contribution in [1.82, 2.24) is 0 Å². The molecule has 0 radical (unpaired) electrons. The van der Waals surface area contributed by atoms with Gasteiger partial charge in [-0.1, -0.05) is 6.07 Å². The molecular weight excluding hydrogens is 365 g/mol. The van der Waals surface area contributed by atoms with Crippen LogP contribution >= 0.6 is 15.9 Å². The van der Waals surface area contributed by atoms with Crippen molar-refractivity contribution in [3.05, 3.63) is 63.4 Å². The van der Waals surface area contributed by atoms with Crippen LogP contribution in [0.25, 0.3) is 0 Å². The summed E-state index contributed by atoms with van der Waals surface area (Å²) in [6, 6.07) is 9.24. The molecule has 0 atom stereocenters. The summed E-state index contributed by atoms with van der Waals surface area (Å²) >= 11 is 3.08. The first-order valence-corrected chi connectivity index (χ1v) is 7.65. The predicted molar refractivity (Wildman–Crippen MR) is 88.9 cm³/mol. The fourth-order valence-corrected chi connectivity index (χ4v) is 2.62. The van der Waals surface area contributed by atoms with Crippen molar-refractivity contribution in [2.45, 2.75) is 13.8 Å². The third-order valence-corrected chi connectivity index (χ3v) is 3.65. The van der Waals surface area contributed by atoms with Gasteiger partial charge >= 0.3 is 5.97 Å². The van der Waals surface area contributed by atoms with Gasteiger partial charge in [-0.25, -0.2) is 9.18 Å². The van der Waals surface area contributed by atoms with Crippen molar-refractivity contribution in [3.63, 3.8) is 0 Å². The van der Waals surface area contributed by atoms with Crippen molar-refractivity contribution in [1.29, 1.82) is 0 Å². The number of hydrogen-bond donors (Lipinski definition) is 1. The largest absolute Gasteiger partial charge is 0.452 e. The Hall–Kier alpha value is -2.21. The number of anilines is 1. The van der Waals surface area contributed by atoms with Gasteiger partial charge < -0.3 is 10.1 Å². The number of carbonyl (C=O) groups is 2. The molecule has 0 heterocycles. The molecule has 120 valence electrons. The fourth-order valence-electron chi connectivity index (χ4n) is 2.11. The predicted octanol–water partition coefficient (Wildman–Crippen LogP) is 4.00. The van der Waals surface area contributed by atoms with Crippen molar-refractivity contribution in [3.8, 4) is 0 Å². The topological polar surface area (TPSA) is 55.4 Å². The molecule has 0 saturated carbocycles. The van der Waals surface area contributed by atoms with Gasteiger partial charge in [0.15, 0.2) is 6.61 Å². The summed E-state index contributed by atoms with van der Waals surface area (Å²) < 4.78 is 18.2. The molecule has 0 aliphatic heterocycles. The lowest BCUT2D eigenvalue weighted by Crippen LogP contribution is -2.21. The molecule has 1 amide bonds. The summed E-state index contributed by atoms with van der Waals surface area (Å²) in [6.07, 6.45) is 0. The maximum atomic E-state index is 13.0. The third-order valence-electron chi connectivity index (χ3n) is 2.99. The van der Waals surface area contributed by atoms with E-state index in [2.05, 4.69) is 21.2 Å². The standard InChI is InChI=1S/C17H15BrFNO3/c1-10-5-11(2)7-13(6-10)20-16(21)9-23-17(22)14-4-3-12(19)8-15(14)18/h3-8H,9H2,1-2H3,(H,20,21). The Kier molecular flexibility index (Phi) is 5.50. The number of aryl methyl sites for hydroxylation is 2.